The van der Waals surface area contributed by atoms with Crippen molar-refractivity contribution in [2.24, 2.45) is 5.73 Å². The van der Waals surface area contributed by atoms with Gasteiger partial charge in [0, 0.05) is 23.1 Å². The fraction of sp³-hybridized carbons (Fsp3) is 0.250. The molecule has 3 nitrogen and oxygen atoms in total. The molecule has 1 radical (unpaired) electrons. The van der Waals surface area contributed by atoms with E-state index < -0.39 is 6.03 Å². The van der Waals surface area contributed by atoms with Gasteiger partial charge in [-0.05, 0) is 36.1 Å². The van der Waals surface area contributed by atoms with E-state index in [4.69, 9.17) is 5.73 Å². The van der Waals surface area contributed by atoms with Crippen LogP contribution in [-0.4, -0.2) is 10.6 Å². The fourth-order valence-corrected chi connectivity index (χ4v) is 3.63. The Kier molecular flexibility index (Phi) is 4.14. The van der Waals surface area contributed by atoms with E-state index >= 15 is 0 Å². The molecule has 0 saturated heterocycles. The van der Waals surface area contributed by atoms with Gasteiger partial charge < -0.3 is 5.73 Å². The Morgan fingerprint density at radius 1 is 1.21 bits per heavy atom. The number of benzene rings is 2. The summed E-state index contributed by atoms with van der Waals surface area (Å²) in [6, 6.07) is 14.8. The highest BCUT2D eigenvalue weighted by atomic mass is 19.1. The first-order chi connectivity index (χ1) is 11.5. The molecule has 1 aromatic heterocycles. The number of primary amides is 1. The van der Waals surface area contributed by atoms with Gasteiger partial charge in [0.1, 0.15) is 5.82 Å². The topological polar surface area (TPSA) is 48.0 Å². The van der Waals surface area contributed by atoms with Crippen molar-refractivity contribution in [3.05, 3.63) is 71.7 Å². The summed E-state index contributed by atoms with van der Waals surface area (Å²) in [5.41, 5.74) is 7.94. The Hall–Kier alpha value is -2.62. The van der Waals surface area contributed by atoms with Crippen LogP contribution in [0.3, 0.4) is 0 Å². The van der Waals surface area contributed by atoms with Crippen LogP contribution in [0.1, 0.15) is 37.8 Å². The third-order valence-electron chi connectivity index (χ3n) is 4.98. The number of halogens is 1. The van der Waals surface area contributed by atoms with Gasteiger partial charge in [-0.15, -0.1) is 0 Å². The number of rotatable bonds is 4. The number of hydrogen-bond donors (Lipinski definition) is 1. The first-order valence-electron chi connectivity index (χ1n) is 8.11. The molecule has 0 fully saturated rings. The summed E-state index contributed by atoms with van der Waals surface area (Å²) in [5, 5.41) is 0.948. The summed E-state index contributed by atoms with van der Waals surface area (Å²) < 4.78 is 14.8. The van der Waals surface area contributed by atoms with Crippen LogP contribution in [0.4, 0.5) is 9.18 Å². The second-order valence-corrected chi connectivity index (χ2v) is 5.98. The van der Waals surface area contributed by atoms with Gasteiger partial charge in [0.25, 0.3) is 0 Å². The highest BCUT2D eigenvalue weighted by Gasteiger charge is 2.34. The van der Waals surface area contributed by atoms with E-state index in [0.29, 0.717) is 5.52 Å². The summed E-state index contributed by atoms with van der Waals surface area (Å²) in [6.07, 6.45) is 3.45. The Morgan fingerprint density at radius 2 is 1.88 bits per heavy atom. The highest BCUT2D eigenvalue weighted by Crippen LogP contribution is 2.42. The van der Waals surface area contributed by atoms with Crippen LogP contribution in [0.15, 0.2) is 48.7 Å². The van der Waals surface area contributed by atoms with Gasteiger partial charge >= 0.3 is 6.03 Å². The first-order valence-corrected chi connectivity index (χ1v) is 8.11. The maximum Gasteiger partial charge on any atom is 0.323 e. The monoisotopic (exact) mass is 323 g/mol. The van der Waals surface area contributed by atoms with Crippen molar-refractivity contribution in [1.82, 2.24) is 4.57 Å². The zero-order chi connectivity index (χ0) is 17.3. The molecule has 2 aromatic carbocycles. The molecule has 1 heterocycles. The number of amides is 1. The molecular weight excluding hydrogens is 303 g/mol. The molecule has 0 atom stereocenters. The van der Waals surface area contributed by atoms with E-state index in [9.17, 15) is 9.18 Å². The first kappa shape index (κ1) is 16.2. The van der Waals surface area contributed by atoms with Gasteiger partial charge in [0.05, 0.1) is 5.52 Å². The zero-order valence-corrected chi connectivity index (χ0v) is 13.8. The van der Waals surface area contributed by atoms with Crippen LogP contribution in [0.2, 0.25) is 0 Å². The molecule has 123 valence electrons. The normalized spacial score (nSPS) is 11.8. The van der Waals surface area contributed by atoms with Crippen LogP contribution in [0.5, 0.6) is 0 Å². The lowest BCUT2D eigenvalue weighted by Gasteiger charge is -2.32. The molecule has 24 heavy (non-hydrogen) atoms. The Morgan fingerprint density at radius 3 is 2.46 bits per heavy atom. The van der Waals surface area contributed by atoms with Crippen LogP contribution >= 0.6 is 0 Å². The Bertz CT molecular complexity index is 876. The number of nitrogens with zero attached hydrogens (tertiary/aromatic N) is 1. The lowest BCUT2D eigenvalue weighted by Crippen LogP contribution is -2.26. The average Bonchev–Trinajstić information content (AvgIpc) is 2.99. The average molecular weight is 323 g/mol. The number of nitrogens with two attached hydrogens (primary N) is 1. The van der Waals surface area contributed by atoms with Gasteiger partial charge in [0.2, 0.25) is 0 Å². The van der Waals surface area contributed by atoms with Gasteiger partial charge in [-0.3, -0.25) is 4.57 Å². The van der Waals surface area contributed by atoms with Crippen molar-refractivity contribution in [2.75, 3.05) is 0 Å². The number of para-hydroxylation sites is 1. The number of carbonyl (C=O) groups is 1. The highest BCUT2D eigenvalue weighted by molar-refractivity contribution is 5.93. The summed E-state index contributed by atoms with van der Waals surface area (Å²) in [4.78, 5) is 11.8. The molecule has 0 aliphatic heterocycles. The molecule has 4 heteroatoms. The largest absolute Gasteiger partial charge is 0.351 e. The van der Waals surface area contributed by atoms with Crippen molar-refractivity contribution in [3.8, 4) is 0 Å². The van der Waals surface area contributed by atoms with Crippen molar-refractivity contribution >= 4 is 16.9 Å². The van der Waals surface area contributed by atoms with Crippen LogP contribution in [-0.2, 0) is 5.41 Å². The van der Waals surface area contributed by atoms with Crippen molar-refractivity contribution in [3.63, 3.8) is 0 Å². The standard InChI is InChI=1S/C20H20FN2O/c1-3-20(4-2,14-9-11-15(21)12-10-14)17-13-23(19(22)24)18-8-6-5-7-16(17)18/h5-7,9-13H,3-4H2,1-2H3,(H2,22,24). The number of aromatic nitrogens is 1. The molecule has 0 aliphatic rings. The second kappa shape index (κ2) is 6.11. The molecule has 0 saturated carbocycles. The van der Waals surface area contributed by atoms with Gasteiger partial charge in [-0.25, -0.2) is 9.18 Å². The predicted octanol–water partition coefficient (Wildman–Crippen LogP) is 4.61. The van der Waals surface area contributed by atoms with E-state index in [1.54, 1.807) is 12.3 Å². The van der Waals surface area contributed by atoms with E-state index in [1.165, 1.54) is 16.7 Å². The molecule has 3 rings (SSSR count). The van der Waals surface area contributed by atoms with Crippen LogP contribution < -0.4 is 5.73 Å². The van der Waals surface area contributed by atoms with Crippen molar-refractivity contribution in [1.29, 1.82) is 0 Å². The van der Waals surface area contributed by atoms with E-state index in [1.807, 2.05) is 24.3 Å². The quantitative estimate of drug-likeness (QED) is 0.748. The SMILES string of the molecule is CCC(CC)(c1ccc(F)cc1)c1cn(C(N)=O)c2[c]cccc12. The minimum atomic E-state index is -0.533. The number of fused-ring (bicyclic) bond motifs is 1. The number of carbonyl (C=O) groups excluding carboxylic acids is 1. The Balaban J connectivity index is 2.32. The maximum atomic E-state index is 13.4. The molecule has 0 bridgehead atoms. The third-order valence-corrected chi connectivity index (χ3v) is 4.98. The van der Waals surface area contributed by atoms with E-state index in [0.717, 1.165) is 29.4 Å². The van der Waals surface area contributed by atoms with Gasteiger partial charge in [-0.1, -0.05) is 44.2 Å². The van der Waals surface area contributed by atoms with Gasteiger partial charge in [-0.2, -0.15) is 0 Å². The zero-order valence-electron chi connectivity index (χ0n) is 13.8. The summed E-state index contributed by atoms with van der Waals surface area (Å²) in [5.74, 6) is -0.257. The molecule has 0 unspecified atom stereocenters. The smallest absolute Gasteiger partial charge is 0.323 e. The number of hydrogen-bond acceptors (Lipinski definition) is 1. The molecular formula is C20H20FN2O. The minimum Gasteiger partial charge on any atom is -0.351 e. The molecule has 3 aromatic rings. The van der Waals surface area contributed by atoms with Crippen molar-refractivity contribution in [2.45, 2.75) is 32.1 Å². The Labute approximate surface area is 140 Å². The van der Waals surface area contributed by atoms with Crippen molar-refractivity contribution < 1.29 is 9.18 Å². The summed E-state index contributed by atoms with van der Waals surface area (Å²) >= 11 is 0. The predicted molar refractivity (Wildman–Crippen MR) is 93.5 cm³/mol. The second-order valence-electron chi connectivity index (χ2n) is 5.98. The maximum absolute atomic E-state index is 13.4. The lowest BCUT2D eigenvalue weighted by atomic mass is 9.70. The third kappa shape index (κ3) is 2.39. The van der Waals surface area contributed by atoms with Gasteiger partial charge in [0.15, 0.2) is 0 Å². The minimum absolute atomic E-state index is 0.257. The van der Waals surface area contributed by atoms with Crippen LogP contribution in [0, 0.1) is 11.9 Å². The fourth-order valence-electron chi connectivity index (χ4n) is 3.63. The lowest BCUT2D eigenvalue weighted by molar-refractivity contribution is 0.251. The molecule has 0 aliphatic carbocycles. The van der Waals surface area contributed by atoms with Crippen LogP contribution in [0.25, 0.3) is 10.9 Å². The molecule has 0 spiro atoms. The summed E-state index contributed by atoms with van der Waals surface area (Å²) in [6.45, 7) is 4.21. The summed E-state index contributed by atoms with van der Waals surface area (Å²) in [7, 11) is 0. The molecule has 1 amide bonds. The van der Waals surface area contributed by atoms with E-state index in [-0.39, 0.29) is 11.2 Å². The van der Waals surface area contributed by atoms with E-state index in [2.05, 4.69) is 19.9 Å². The molecule has 2 N–H and O–H groups in total.